The lowest BCUT2D eigenvalue weighted by molar-refractivity contribution is 0.0762. The maximum absolute atomic E-state index is 12.7. The third kappa shape index (κ3) is 4.27. The van der Waals surface area contributed by atoms with Crippen LogP contribution in [0.2, 0.25) is 0 Å². The molecule has 0 radical (unpaired) electrons. The number of nitrogens with zero attached hydrogens (tertiary/aromatic N) is 1. The number of amides is 1. The van der Waals surface area contributed by atoms with Crippen molar-refractivity contribution >= 4 is 33.0 Å². The molecule has 0 atom stereocenters. The monoisotopic (exact) mass is 392 g/mol. The predicted octanol–water partition coefficient (Wildman–Crippen LogP) is 4.13. The molecule has 7 heteroatoms. The highest BCUT2D eigenvalue weighted by Crippen LogP contribution is 2.26. The molecule has 0 saturated carbocycles. The van der Waals surface area contributed by atoms with Gasteiger partial charge in [0.1, 0.15) is 4.21 Å². The highest BCUT2D eigenvalue weighted by molar-refractivity contribution is 7.94. The van der Waals surface area contributed by atoms with Gasteiger partial charge in [-0.3, -0.25) is 9.52 Å². The number of nitrogens with one attached hydrogen (secondary N) is 1. The van der Waals surface area contributed by atoms with E-state index in [-0.39, 0.29) is 10.1 Å². The largest absolute Gasteiger partial charge is 0.339 e. The number of para-hydroxylation sites is 1. The first-order chi connectivity index (χ1) is 12.5. The van der Waals surface area contributed by atoms with Gasteiger partial charge in [-0.2, -0.15) is 0 Å². The Hall–Kier alpha value is -1.86. The molecule has 1 aromatic heterocycles. The first kappa shape index (κ1) is 18.9. The number of rotatable bonds is 5. The zero-order valence-corrected chi connectivity index (χ0v) is 16.5. The second-order valence-corrected chi connectivity index (χ2v) is 9.30. The van der Waals surface area contributed by atoms with Crippen LogP contribution in [0.15, 0.2) is 39.9 Å². The Morgan fingerprint density at radius 2 is 1.85 bits per heavy atom. The fourth-order valence-corrected chi connectivity index (χ4v) is 5.40. The van der Waals surface area contributed by atoms with Crippen molar-refractivity contribution in [3.05, 3.63) is 46.8 Å². The summed E-state index contributed by atoms with van der Waals surface area (Å²) in [6.07, 6.45) is 5.05. The van der Waals surface area contributed by atoms with Crippen LogP contribution in [0.1, 0.15) is 48.5 Å². The Kier molecular flexibility index (Phi) is 5.98. The molecule has 1 saturated heterocycles. The molecule has 0 unspecified atom stereocenters. The summed E-state index contributed by atoms with van der Waals surface area (Å²) in [5, 5.41) is 1.65. The molecule has 1 fully saturated rings. The Morgan fingerprint density at radius 3 is 2.54 bits per heavy atom. The lowest BCUT2D eigenvalue weighted by Gasteiger charge is -2.19. The number of hydrogen-bond donors (Lipinski definition) is 1. The number of anilines is 1. The molecule has 2 aromatic rings. The fourth-order valence-electron chi connectivity index (χ4n) is 3.15. The summed E-state index contributed by atoms with van der Waals surface area (Å²) in [6.45, 7) is 3.48. The highest BCUT2D eigenvalue weighted by atomic mass is 32.2. The van der Waals surface area contributed by atoms with E-state index in [1.165, 1.54) is 6.07 Å². The van der Waals surface area contributed by atoms with E-state index in [0.29, 0.717) is 11.3 Å². The molecule has 1 aromatic carbocycles. The van der Waals surface area contributed by atoms with Crippen molar-refractivity contribution in [2.75, 3.05) is 17.8 Å². The average Bonchev–Trinajstić information content (AvgIpc) is 2.99. The van der Waals surface area contributed by atoms with Crippen molar-refractivity contribution in [2.45, 2.75) is 43.2 Å². The Bertz CT molecular complexity index is 866. The van der Waals surface area contributed by atoms with E-state index in [2.05, 4.69) is 4.72 Å². The van der Waals surface area contributed by atoms with Gasteiger partial charge in [-0.05, 0) is 37.0 Å². The standard InChI is InChI=1S/C19H24N2O3S2/c1-2-15-9-5-6-10-17(15)20-26(23,24)18-13-16(14-25-18)19(22)21-11-7-3-4-8-12-21/h5-6,9-10,13-14,20H,2-4,7-8,11-12H2,1H3. The minimum atomic E-state index is -3.70. The van der Waals surface area contributed by atoms with Crippen molar-refractivity contribution in [2.24, 2.45) is 0 Å². The molecular formula is C19H24N2O3S2. The Labute approximate surface area is 159 Å². The minimum absolute atomic E-state index is 0.0708. The Morgan fingerprint density at radius 1 is 1.15 bits per heavy atom. The van der Waals surface area contributed by atoms with E-state index < -0.39 is 10.0 Å². The fraction of sp³-hybridized carbons (Fsp3) is 0.421. The maximum atomic E-state index is 12.7. The van der Waals surface area contributed by atoms with Gasteiger partial charge in [0.2, 0.25) is 0 Å². The van der Waals surface area contributed by atoms with Crippen LogP contribution in [0.25, 0.3) is 0 Å². The molecule has 0 spiro atoms. The molecule has 26 heavy (non-hydrogen) atoms. The second-order valence-electron chi connectivity index (χ2n) is 6.48. The number of carbonyl (C=O) groups is 1. The zero-order valence-electron chi connectivity index (χ0n) is 14.9. The summed E-state index contributed by atoms with van der Waals surface area (Å²) in [5.41, 5.74) is 1.98. The number of hydrogen-bond acceptors (Lipinski definition) is 4. The molecule has 0 bridgehead atoms. The number of sulfonamides is 1. The number of aryl methyl sites for hydroxylation is 1. The maximum Gasteiger partial charge on any atom is 0.271 e. The van der Waals surface area contributed by atoms with Crippen LogP contribution in [-0.4, -0.2) is 32.3 Å². The van der Waals surface area contributed by atoms with Crippen LogP contribution >= 0.6 is 11.3 Å². The molecule has 1 aliphatic heterocycles. The van der Waals surface area contributed by atoms with Crippen LogP contribution in [0.3, 0.4) is 0 Å². The van der Waals surface area contributed by atoms with Gasteiger partial charge in [-0.15, -0.1) is 11.3 Å². The molecule has 1 amide bonds. The summed E-state index contributed by atoms with van der Waals surface area (Å²) in [7, 11) is -3.70. The molecular weight excluding hydrogens is 368 g/mol. The first-order valence-corrected chi connectivity index (χ1v) is 11.4. The van der Waals surface area contributed by atoms with Gasteiger partial charge in [0, 0.05) is 18.5 Å². The van der Waals surface area contributed by atoms with Crippen molar-refractivity contribution in [1.82, 2.24) is 4.90 Å². The number of likely N-dealkylation sites (tertiary alicyclic amines) is 1. The minimum Gasteiger partial charge on any atom is -0.339 e. The topological polar surface area (TPSA) is 66.5 Å². The van der Waals surface area contributed by atoms with E-state index in [1.807, 2.05) is 24.0 Å². The molecule has 5 nitrogen and oxygen atoms in total. The van der Waals surface area contributed by atoms with Gasteiger partial charge in [0.05, 0.1) is 11.3 Å². The van der Waals surface area contributed by atoms with Gasteiger partial charge in [0.15, 0.2) is 0 Å². The lowest BCUT2D eigenvalue weighted by atomic mass is 10.1. The van der Waals surface area contributed by atoms with Crippen LogP contribution in [0, 0.1) is 0 Å². The van der Waals surface area contributed by atoms with Gasteiger partial charge in [-0.25, -0.2) is 8.42 Å². The van der Waals surface area contributed by atoms with Crippen LogP contribution in [0.4, 0.5) is 5.69 Å². The van der Waals surface area contributed by atoms with Gasteiger partial charge >= 0.3 is 0 Å². The van der Waals surface area contributed by atoms with Crippen molar-refractivity contribution in [3.8, 4) is 0 Å². The quantitative estimate of drug-likeness (QED) is 0.832. The molecule has 2 heterocycles. The zero-order chi connectivity index (χ0) is 18.6. The van der Waals surface area contributed by atoms with Gasteiger partial charge in [-0.1, -0.05) is 38.0 Å². The van der Waals surface area contributed by atoms with E-state index in [9.17, 15) is 13.2 Å². The van der Waals surface area contributed by atoms with Crippen LogP contribution in [0.5, 0.6) is 0 Å². The van der Waals surface area contributed by atoms with Gasteiger partial charge in [0.25, 0.3) is 15.9 Å². The molecule has 3 rings (SSSR count). The third-order valence-electron chi connectivity index (χ3n) is 4.62. The number of benzene rings is 1. The van der Waals surface area contributed by atoms with E-state index >= 15 is 0 Å². The van der Waals surface area contributed by atoms with Crippen molar-refractivity contribution < 1.29 is 13.2 Å². The number of thiophene rings is 1. The summed E-state index contributed by atoms with van der Waals surface area (Å²) in [6, 6.07) is 8.85. The SMILES string of the molecule is CCc1ccccc1NS(=O)(=O)c1cc(C(=O)N2CCCCCC2)cs1. The van der Waals surface area contributed by atoms with E-state index in [4.69, 9.17) is 0 Å². The highest BCUT2D eigenvalue weighted by Gasteiger charge is 2.23. The summed E-state index contributed by atoms with van der Waals surface area (Å²) in [4.78, 5) is 14.5. The predicted molar refractivity (Wildman–Crippen MR) is 105 cm³/mol. The number of carbonyl (C=O) groups excluding carboxylic acids is 1. The first-order valence-electron chi connectivity index (χ1n) is 9.00. The third-order valence-corrected chi connectivity index (χ3v) is 7.43. The molecule has 1 N–H and O–H groups in total. The molecule has 1 aliphatic rings. The summed E-state index contributed by atoms with van der Waals surface area (Å²) < 4.78 is 28.2. The normalized spacial score (nSPS) is 15.5. The average molecular weight is 393 g/mol. The van der Waals surface area contributed by atoms with Crippen LogP contribution < -0.4 is 4.72 Å². The lowest BCUT2D eigenvalue weighted by Crippen LogP contribution is -2.31. The van der Waals surface area contributed by atoms with Crippen molar-refractivity contribution in [1.29, 1.82) is 0 Å². The Balaban J connectivity index is 1.78. The molecule has 140 valence electrons. The van der Waals surface area contributed by atoms with E-state index in [1.54, 1.807) is 17.5 Å². The summed E-state index contributed by atoms with van der Waals surface area (Å²) >= 11 is 1.09. The second kappa shape index (κ2) is 8.22. The van der Waals surface area contributed by atoms with Crippen molar-refractivity contribution in [3.63, 3.8) is 0 Å². The van der Waals surface area contributed by atoms with Crippen LogP contribution in [-0.2, 0) is 16.4 Å². The summed E-state index contributed by atoms with van der Waals surface area (Å²) in [5.74, 6) is -0.0708. The van der Waals surface area contributed by atoms with Gasteiger partial charge < -0.3 is 4.90 Å². The van der Waals surface area contributed by atoms with E-state index in [0.717, 1.165) is 62.1 Å². The molecule has 0 aliphatic carbocycles. The smallest absolute Gasteiger partial charge is 0.271 e.